The van der Waals surface area contributed by atoms with Gasteiger partial charge >= 0.3 is 0 Å². The van der Waals surface area contributed by atoms with E-state index in [2.05, 4.69) is 0 Å². The minimum absolute atomic E-state index is 0.0297. The van der Waals surface area contributed by atoms with Crippen LogP contribution in [0.4, 0.5) is 21.5 Å². The number of ether oxygens (including phenoxy) is 1. The maximum absolute atomic E-state index is 13.7. The fourth-order valence-corrected chi connectivity index (χ4v) is 1.77. The minimum atomic E-state index is -0.693. The monoisotopic (exact) mass is 241 g/mol. The Bertz CT molecular complexity index is 447. The smallest absolute Gasteiger partial charge is 0.295 e. The number of nitrogen functional groups attached to an aromatic ring is 1. The summed E-state index contributed by atoms with van der Waals surface area (Å²) in [5, 5.41) is 10.6. The molecule has 0 spiro atoms. The molecule has 1 aliphatic heterocycles. The summed E-state index contributed by atoms with van der Waals surface area (Å²) in [4.78, 5) is 11.7. The number of morpholine rings is 1. The summed E-state index contributed by atoms with van der Waals surface area (Å²) in [5.41, 5.74) is 5.39. The van der Waals surface area contributed by atoms with Crippen molar-refractivity contribution in [1.82, 2.24) is 0 Å². The molecule has 7 heteroatoms. The van der Waals surface area contributed by atoms with Crippen molar-refractivity contribution in [3.8, 4) is 0 Å². The third-order valence-electron chi connectivity index (χ3n) is 2.64. The standard InChI is InChI=1S/C10H12FN3O3/c11-7-5-10(14(15)16)8(12)6-9(7)13-1-3-17-4-2-13/h5-6H,1-4,12H2. The van der Waals surface area contributed by atoms with Gasteiger partial charge in [0.25, 0.3) is 5.69 Å². The van der Waals surface area contributed by atoms with Crippen molar-refractivity contribution in [3.05, 3.63) is 28.1 Å². The molecule has 0 aromatic heterocycles. The van der Waals surface area contributed by atoms with Crippen molar-refractivity contribution in [1.29, 1.82) is 0 Å². The molecule has 2 N–H and O–H groups in total. The number of hydrogen-bond acceptors (Lipinski definition) is 5. The van der Waals surface area contributed by atoms with Crippen LogP contribution in [-0.2, 0) is 4.74 Å². The first kappa shape index (κ1) is 11.6. The van der Waals surface area contributed by atoms with Crippen molar-refractivity contribution < 1.29 is 14.1 Å². The second kappa shape index (κ2) is 4.54. The molecular formula is C10H12FN3O3. The highest BCUT2D eigenvalue weighted by Crippen LogP contribution is 2.30. The third-order valence-corrected chi connectivity index (χ3v) is 2.64. The first-order valence-electron chi connectivity index (χ1n) is 5.15. The summed E-state index contributed by atoms with van der Waals surface area (Å²) in [6.45, 7) is 2.12. The molecule has 17 heavy (non-hydrogen) atoms. The molecule has 1 aromatic rings. The SMILES string of the molecule is Nc1cc(N2CCOCC2)c(F)cc1[N+](=O)[O-]. The zero-order valence-corrected chi connectivity index (χ0v) is 9.06. The summed E-state index contributed by atoms with van der Waals surface area (Å²) in [7, 11) is 0. The molecule has 6 nitrogen and oxygen atoms in total. The molecule has 0 unspecified atom stereocenters. The molecule has 0 aliphatic carbocycles. The summed E-state index contributed by atoms with van der Waals surface area (Å²) >= 11 is 0. The van der Waals surface area contributed by atoms with Crippen molar-refractivity contribution in [2.75, 3.05) is 36.9 Å². The number of nitro benzene ring substituents is 1. The van der Waals surface area contributed by atoms with Gasteiger partial charge in [-0.2, -0.15) is 0 Å². The number of anilines is 2. The Morgan fingerprint density at radius 2 is 2.06 bits per heavy atom. The molecule has 2 rings (SSSR count). The molecule has 0 saturated carbocycles. The summed E-state index contributed by atoms with van der Waals surface area (Å²) in [6.07, 6.45) is 0. The first-order valence-corrected chi connectivity index (χ1v) is 5.15. The van der Waals surface area contributed by atoms with Crippen LogP contribution in [0.15, 0.2) is 12.1 Å². The summed E-state index contributed by atoms with van der Waals surface area (Å²) in [6, 6.07) is 2.17. The maximum atomic E-state index is 13.7. The van der Waals surface area contributed by atoms with E-state index in [0.717, 1.165) is 6.07 Å². The first-order chi connectivity index (χ1) is 8.09. The van der Waals surface area contributed by atoms with Crippen LogP contribution in [0.3, 0.4) is 0 Å². The number of halogens is 1. The zero-order valence-electron chi connectivity index (χ0n) is 9.06. The van der Waals surface area contributed by atoms with Gasteiger partial charge in [-0.3, -0.25) is 10.1 Å². The molecule has 1 aliphatic rings. The van der Waals surface area contributed by atoms with Crippen LogP contribution in [0.25, 0.3) is 0 Å². The maximum Gasteiger partial charge on any atom is 0.295 e. The lowest BCUT2D eigenvalue weighted by atomic mass is 10.2. The predicted molar refractivity (Wildman–Crippen MR) is 60.5 cm³/mol. The molecule has 92 valence electrons. The van der Waals surface area contributed by atoms with Crippen LogP contribution in [0.1, 0.15) is 0 Å². The predicted octanol–water partition coefficient (Wildman–Crippen LogP) is 1.15. The second-order valence-corrected chi connectivity index (χ2v) is 3.72. The fraction of sp³-hybridized carbons (Fsp3) is 0.400. The lowest BCUT2D eigenvalue weighted by Gasteiger charge is -2.29. The Hall–Kier alpha value is -1.89. The van der Waals surface area contributed by atoms with E-state index in [4.69, 9.17) is 10.5 Å². The van der Waals surface area contributed by atoms with E-state index in [0.29, 0.717) is 26.3 Å². The number of hydrogen-bond donors (Lipinski definition) is 1. The molecule has 1 fully saturated rings. The Kier molecular flexibility index (Phi) is 3.10. The van der Waals surface area contributed by atoms with Crippen LogP contribution < -0.4 is 10.6 Å². The molecule has 1 heterocycles. The summed E-state index contributed by atoms with van der Waals surface area (Å²) < 4.78 is 18.9. The Labute approximate surface area is 96.9 Å². The van der Waals surface area contributed by atoms with E-state index in [1.807, 2.05) is 0 Å². The number of benzene rings is 1. The molecular weight excluding hydrogens is 229 g/mol. The molecule has 0 radical (unpaired) electrons. The average Bonchev–Trinajstić information content (AvgIpc) is 2.32. The van der Waals surface area contributed by atoms with Gasteiger partial charge in [0.1, 0.15) is 5.69 Å². The van der Waals surface area contributed by atoms with Crippen molar-refractivity contribution in [2.45, 2.75) is 0 Å². The number of nitrogens with two attached hydrogens (primary N) is 1. The Balaban J connectivity index is 2.35. The fourth-order valence-electron chi connectivity index (χ4n) is 1.77. The van der Waals surface area contributed by atoms with E-state index in [9.17, 15) is 14.5 Å². The molecule has 0 atom stereocenters. The van der Waals surface area contributed by atoms with Gasteiger partial charge in [0.2, 0.25) is 0 Å². The van der Waals surface area contributed by atoms with Gasteiger partial charge in [0, 0.05) is 13.1 Å². The highest BCUT2D eigenvalue weighted by atomic mass is 19.1. The Morgan fingerprint density at radius 3 is 2.65 bits per heavy atom. The number of nitro groups is 1. The quantitative estimate of drug-likeness (QED) is 0.477. The number of rotatable bonds is 2. The molecule has 0 amide bonds. The average molecular weight is 241 g/mol. The van der Waals surface area contributed by atoms with Gasteiger partial charge in [0.05, 0.1) is 29.9 Å². The number of nitrogens with zero attached hydrogens (tertiary/aromatic N) is 2. The van der Waals surface area contributed by atoms with Crippen molar-refractivity contribution in [3.63, 3.8) is 0 Å². The molecule has 0 bridgehead atoms. The van der Waals surface area contributed by atoms with Crippen molar-refractivity contribution in [2.24, 2.45) is 0 Å². The van der Waals surface area contributed by atoms with Gasteiger partial charge in [0.15, 0.2) is 5.82 Å². The summed E-state index contributed by atoms with van der Waals surface area (Å²) in [5.74, 6) is -0.632. The van der Waals surface area contributed by atoms with Crippen LogP contribution in [-0.4, -0.2) is 31.2 Å². The third kappa shape index (κ3) is 2.28. The van der Waals surface area contributed by atoms with E-state index < -0.39 is 16.4 Å². The van der Waals surface area contributed by atoms with Gasteiger partial charge < -0.3 is 15.4 Å². The lowest BCUT2D eigenvalue weighted by Crippen LogP contribution is -2.36. The molecule has 1 aromatic carbocycles. The van der Waals surface area contributed by atoms with Gasteiger partial charge in [-0.1, -0.05) is 0 Å². The zero-order chi connectivity index (χ0) is 12.4. The van der Waals surface area contributed by atoms with Gasteiger partial charge in [-0.15, -0.1) is 0 Å². The van der Waals surface area contributed by atoms with Gasteiger partial charge in [-0.25, -0.2) is 4.39 Å². The highest BCUT2D eigenvalue weighted by molar-refractivity contribution is 5.67. The van der Waals surface area contributed by atoms with E-state index in [-0.39, 0.29) is 11.4 Å². The Morgan fingerprint density at radius 1 is 1.41 bits per heavy atom. The van der Waals surface area contributed by atoms with Crippen molar-refractivity contribution >= 4 is 17.1 Å². The van der Waals surface area contributed by atoms with Crippen LogP contribution in [0.2, 0.25) is 0 Å². The topological polar surface area (TPSA) is 81.6 Å². The van der Waals surface area contributed by atoms with Crippen LogP contribution in [0, 0.1) is 15.9 Å². The highest BCUT2D eigenvalue weighted by Gasteiger charge is 2.21. The lowest BCUT2D eigenvalue weighted by molar-refractivity contribution is -0.384. The van der Waals surface area contributed by atoms with E-state index >= 15 is 0 Å². The van der Waals surface area contributed by atoms with E-state index in [1.54, 1.807) is 4.90 Å². The normalized spacial score (nSPS) is 15.9. The molecule has 1 saturated heterocycles. The van der Waals surface area contributed by atoms with Crippen LogP contribution in [0.5, 0.6) is 0 Å². The largest absolute Gasteiger partial charge is 0.393 e. The van der Waals surface area contributed by atoms with Gasteiger partial charge in [-0.05, 0) is 6.07 Å². The van der Waals surface area contributed by atoms with Crippen LogP contribution >= 0.6 is 0 Å². The van der Waals surface area contributed by atoms with E-state index in [1.165, 1.54) is 6.07 Å². The second-order valence-electron chi connectivity index (χ2n) is 3.72. The minimum Gasteiger partial charge on any atom is -0.393 e.